The Labute approximate surface area is 139 Å². The van der Waals surface area contributed by atoms with Crippen LogP contribution >= 0.6 is 0 Å². The number of morpholine rings is 1. The number of hydrogen-bond acceptors (Lipinski definition) is 4. The lowest BCUT2D eigenvalue weighted by molar-refractivity contribution is 0.0124. The van der Waals surface area contributed by atoms with Crippen LogP contribution in [-0.2, 0) is 4.74 Å². The Balaban J connectivity index is 2.00. The molecule has 1 amide bonds. The van der Waals surface area contributed by atoms with Crippen molar-refractivity contribution in [2.45, 2.75) is 47.1 Å². The molecule has 0 bridgehead atoms. The molecule has 5 nitrogen and oxygen atoms in total. The first-order valence-corrected chi connectivity index (χ1v) is 8.56. The van der Waals surface area contributed by atoms with Crippen molar-refractivity contribution in [3.63, 3.8) is 0 Å². The first kappa shape index (κ1) is 18.0. The summed E-state index contributed by atoms with van der Waals surface area (Å²) in [5, 5.41) is 3.12. The van der Waals surface area contributed by atoms with Gasteiger partial charge in [0.05, 0.1) is 18.8 Å². The van der Waals surface area contributed by atoms with Crippen molar-refractivity contribution in [3.05, 3.63) is 22.6 Å². The van der Waals surface area contributed by atoms with Crippen LogP contribution in [0.25, 0.3) is 0 Å². The molecular formula is C18H30N2O3. The fourth-order valence-electron chi connectivity index (χ4n) is 3.27. The highest BCUT2D eigenvalue weighted by Crippen LogP contribution is 2.20. The van der Waals surface area contributed by atoms with Crippen LogP contribution in [0.5, 0.6) is 0 Å². The standard InChI is InChI=1S/C18H30N2O3/c1-12(2)10-16(20-6-8-22-9-7-20)11-19-18(21)17-13(3)14(4)23-15(17)5/h12,16H,6-11H2,1-5H3,(H,19,21). The molecule has 0 saturated carbocycles. The molecule has 23 heavy (non-hydrogen) atoms. The number of aryl methyl sites for hydroxylation is 2. The average Bonchev–Trinajstić information content (AvgIpc) is 2.76. The van der Waals surface area contributed by atoms with Crippen LogP contribution in [0, 0.1) is 26.7 Å². The van der Waals surface area contributed by atoms with E-state index in [1.165, 1.54) is 0 Å². The molecule has 1 fully saturated rings. The molecule has 0 aromatic carbocycles. The molecule has 1 aromatic heterocycles. The molecule has 1 atom stereocenters. The summed E-state index contributed by atoms with van der Waals surface area (Å²) in [6.45, 7) is 14.2. The predicted octanol–water partition coefficient (Wildman–Crippen LogP) is 2.68. The smallest absolute Gasteiger partial charge is 0.255 e. The first-order chi connectivity index (χ1) is 10.9. The molecule has 130 valence electrons. The molecule has 2 rings (SSSR count). The van der Waals surface area contributed by atoms with Crippen molar-refractivity contribution in [1.82, 2.24) is 10.2 Å². The molecule has 0 radical (unpaired) electrons. The zero-order valence-electron chi connectivity index (χ0n) is 15.1. The lowest BCUT2D eigenvalue weighted by Gasteiger charge is -2.35. The normalized spacial score (nSPS) is 17.5. The number of ether oxygens (including phenoxy) is 1. The van der Waals surface area contributed by atoms with Gasteiger partial charge in [0, 0.05) is 31.2 Å². The van der Waals surface area contributed by atoms with E-state index < -0.39 is 0 Å². The summed E-state index contributed by atoms with van der Waals surface area (Å²) in [6, 6.07) is 0.358. The molecule has 1 unspecified atom stereocenters. The Kier molecular flexibility index (Phi) is 6.25. The van der Waals surface area contributed by atoms with Crippen molar-refractivity contribution < 1.29 is 13.9 Å². The Morgan fingerprint density at radius 2 is 1.83 bits per heavy atom. The number of carbonyl (C=O) groups is 1. The van der Waals surface area contributed by atoms with E-state index in [-0.39, 0.29) is 5.91 Å². The van der Waals surface area contributed by atoms with Crippen LogP contribution in [0.1, 0.15) is 47.7 Å². The van der Waals surface area contributed by atoms with E-state index in [1.54, 1.807) is 0 Å². The molecule has 1 saturated heterocycles. The van der Waals surface area contributed by atoms with E-state index in [9.17, 15) is 4.79 Å². The third kappa shape index (κ3) is 4.58. The topological polar surface area (TPSA) is 54.7 Å². The second-order valence-corrected chi connectivity index (χ2v) is 6.86. The quantitative estimate of drug-likeness (QED) is 0.875. The van der Waals surface area contributed by atoms with Gasteiger partial charge in [0.2, 0.25) is 0 Å². The third-order valence-electron chi connectivity index (χ3n) is 4.59. The number of amides is 1. The summed E-state index contributed by atoms with van der Waals surface area (Å²) in [5.74, 6) is 2.09. The maximum Gasteiger partial charge on any atom is 0.255 e. The predicted molar refractivity (Wildman–Crippen MR) is 90.9 cm³/mol. The summed E-state index contributed by atoms with van der Waals surface area (Å²) in [5.41, 5.74) is 1.62. The van der Waals surface area contributed by atoms with Gasteiger partial charge in [-0.15, -0.1) is 0 Å². The molecule has 0 aliphatic carbocycles. The van der Waals surface area contributed by atoms with Crippen molar-refractivity contribution in [1.29, 1.82) is 0 Å². The number of hydrogen-bond donors (Lipinski definition) is 1. The summed E-state index contributed by atoms with van der Waals surface area (Å²) in [6.07, 6.45) is 1.07. The summed E-state index contributed by atoms with van der Waals surface area (Å²) in [4.78, 5) is 15.0. The van der Waals surface area contributed by atoms with Gasteiger partial charge < -0.3 is 14.5 Å². The van der Waals surface area contributed by atoms with Gasteiger partial charge >= 0.3 is 0 Å². The average molecular weight is 322 g/mol. The van der Waals surface area contributed by atoms with Crippen LogP contribution < -0.4 is 5.32 Å². The molecule has 1 N–H and O–H groups in total. The van der Waals surface area contributed by atoms with Gasteiger partial charge in [-0.25, -0.2) is 0 Å². The minimum Gasteiger partial charge on any atom is -0.466 e. The van der Waals surface area contributed by atoms with E-state index in [4.69, 9.17) is 9.15 Å². The van der Waals surface area contributed by atoms with Crippen molar-refractivity contribution in [3.8, 4) is 0 Å². The van der Waals surface area contributed by atoms with Crippen molar-refractivity contribution in [2.24, 2.45) is 5.92 Å². The Bertz CT molecular complexity index is 531. The van der Waals surface area contributed by atoms with Crippen LogP contribution in [-0.4, -0.2) is 49.7 Å². The number of furan rings is 1. The Morgan fingerprint density at radius 3 is 2.35 bits per heavy atom. The monoisotopic (exact) mass is 322 g/mol. The molecule has 0 spiro atoms. The molecule has 1 aliphatic rings. The molecular weight excluding hydrogens is 292 g/mol. The van der Waals surface area contributed by atoms with Gasteiger partial charge in [0.15, 0.2) is 0 Å². The van der Waals surface area contributed by atoms with Crippen LogP contribution in [0.2, 0.25) is 0 Å². The van der Waals surface area contributed by atoms with Gasteiger partial charge in [-0.05, 0) is 33.1 Å². The molecule has 2 heterocycles. The maximum absolute atomic E-state index is 12.6. The number of nitrogens with one attached hydrogen (secondary N) is 1. The largest absolute Gasteiger partial charge is 0.466 e. The minimum atomic E-state index is -0.0288. The highest BCUT2D eigenvalue weighted by molar-refractivity contribution is 5.96. The lowest BCUT2D eigenvalue weighted by atomic mass is 10.0. The van der Waals surface area contributed by atoms with E-state index in [0.29, 0.717) is 29.8 Å². The third-order valence-corrected chi connectivity index (χ3v) is 4.59. The molecule has 5 heteroatoms. The Morgan fingerprint density at radius 1 is 1.17 bits per heavy atom. The number of carbonyl (C=O) groups excluding carboxylic acids is 1. The maximum atomic E-state index is 12.6. The Hall–Kier alpha value is -1.33. The zero-order chi connectivity index (χ0) is 17.0. The molecule has 1 aromatic rings. The van der Waals surface area contributed by atoms with Crippen LogP contribution in [0.15, 0.2) is 4.42 Å². The lowest BCUT2D eigenvalue weighted by Crippen LogP contribution is -2.49. The van der Waals surface area contributed by atoms with E-state index >= 15 is 0 Å². The van der Waals surface area contributed by atoms with Crippen molar-refractivity contribution >= 4 is 5.91 Å². The first-order valence-electron chi connectivity index (χ1n) is 8.56. The van der Waals surface area contributed by atoms with Crippen molar-refractivity contribution in [2.75, 3.05) is 32.8 Å². The van der Waals surface area contributed by atoms with Crippen LogP contribution in [0.4, 0.5) is 0 Å². The summed E-state index contributed by atoms with van der Waals surface area (Å²) >= 11 is 0. The van der Waals surface area contributed by atoms with Gasteiger partial charge in [-0.2, -0.15) is 0 Å². The SMILES string of the molecule is Cc1oc(C)c(C(=O)NCC(CC(C)C)N2CCOCC2)c1C. The van der Waals surface area contributed by atoms with E-state index in [1.807, 2.05) is 20.8 Å². The van der Waals surface area contributed by atoms with Gasteiger partial charge in [-0.1, -0.05) is 13.8 Å². The highest BCUT2D eigenvalue weighted by atomic mass is 16.5. The van der Waals surface area contributed by atoms with Crippen LogP contribution in [0.3, 0.4) is 0 Å². The van der Waals surface area contributed by atoms with Gasteiger partial charge in [0.25, 0.3) is 5.91 Å². The van der Waals surface area contributed by atoms with E-state index in [2.05, 4.69) is 24.1 Å². The fraction of sp³-hybridized carbons (Fsp3) is 0.722. The number of rotatable bonds is 6. The summed E-state index contributed by atoms with van der Waals surface area (Å²) in [7, 11) is 0. The minimum absolute atomic E-state index is 0.0288. The zero-order valence-corrected chi connectivity index (χ0v) is 15.1. The number of nitrogens with zero attached hydrogens (tertiary/aromatic N) is 1. The second kappa shape index (κ2) is 7.97. The van der Waals surface area contributed by atoms with Gasteiger partial charge in [0.1, 0.15) is 11.5 Å². The second-order valence-electron chi connectivity index (χ2n) is 6.86. The summed E-state index contributed by atoms with van der Waals surface area (Å²) < 4.78 is 11.0. The van der Waals surface area contributed by atoms with Gasteiger partial charge in [-0.3, -0.25) is 9.69 Å². The fourth-order valence-corrected chi connectivity index (χ4v) is 3.27. The van der Waals surface area contributed by atoms with E-state index in [0.717, 1.165) is 44.0 Å². The highest BCUT2D eigenvalue weighted by Gasteiger charge is 2.24. The molecule has 1 aliphatic heterocycles.